The monoisotopic (exact) mass is 268 g/mol. The fraction of sp³-hybridized carbons (Fsp3) is 0. The summed E-state index contributed by atoms with van der Waals surface area (Å²) in [5, 5.41) is 2.06. The van der Waals surface area contributed by atoms with Crippen molar-refractivity contribution in [1.29, 1.82) is 0 Å². The Bertz CT molecular complexity index is 475. The van der Waals surface area contributed by atoms with E-state index in [-0.39, 0.29) is 0 Å². The molecule has 76 valence electrons. The van der Waals surface area contributed by atoms with E-state index in [9.17, 15) is 0 Å². The van der Waals surface area contributed by atoms with Gasteiger partial charge in [0, 0.05) is 20.6 Å². The van der Waals surface area contributed by atoms with Crippen LogP contribution in [0.25, 0.3) is 11.1 Å². The maximum Gasteiger partial charge on any atom is 0.0485 e. The average Bonchev–Trinajstić information content (AvgIpc) is 2.23. The van der Waals surface area contributed by atoms with Crippen LogP contribution < -0.4 is 0 Å². The molecule has 0 saturated carbocycles. The molecule has 2 aromatic carbocycles. The lowest BCUT2D eigenvalue weighted by Gasteiger charge is -2.05. The highest BCUT2D eigenvalue weighted by Gasteiger charge is 2.03. The summed E-state index contributed by atoms with van der Waals surface area (Å²) in [5.41, 5.74) is 1.92. The number of halogens is 3. The quantitative estimate of drug-likeness (QED) is 0.658. The van der Waals surface area contributed by atoms with Gasteiger partial charge in [-0.15, -0.1) is 0 Å². The van der Waals surface area contributed by atoms with Gasteiger partial charge in [-0.05, 0) is 35.9 Å². The molecule has 0 aliphatic heterocycles. The van der Waals surface area contributed by atoms with Crippen molar-refractivity contribution in [3.63, 3.8) is 0 Å². The van der Waals surface area contributed by atoms with Crippen molar-refractivity contribution in [1.82, 2.24) is 0 Å². The molecule has 0 nitrogen and oxygen atoms in total. The van der Waals surface area contributed by atoms with Gasteiger partial charge in [-0.25, -0.2) is 0 Å². The van der Waals surface area contributed by atoms with Crippen LogP contribution >= 0.6 is 34.8 Å². The molecule has 0 radical (unpaired) electrons. The first-order valence-corrected chi connectivity index (χ1v) is 5.51. The van der Waals surface area contributed by atoms with Gasteiger partial charge in [0.2, 0.25) is 0 Å². The van der Waals surface area contributed by atoms with Crippen LogP contribution in [0.15, 0.2) is 42.5 Å². The molecule has 0 amide bonds. The molecule has 0 aliphatic rings. The van der Waals surface area contributed by atoms with Gasteiger partial charge in [-0.2, -0.15) is 0 Å². The summed E-state index contributed by atoms with van der Waals surface area (Å²) in [5.74, 6) is 0. The summed E-state index contributed by atoms with van der Waals surface area (Å²) >= 11 is 17.8. The van der Waals surface area contributed by atoms with E-state index in [1.807, 2.05) is 30.3 Å². The van der Waals surface area contributed by atoms with E-state index in [4.69, 9.17) is 34.8 Å². The summed E-state index contributed by atoms with van der Waals surface area (Å²) in [4.78, 5) is 0. The Balaban J connectivity index is 2.53. The molecule has 0 spiro atoms. The fourth-order valence-corrected chi connectivity index (χ4v) is 1.87. The highest BCUT2D eigenvalue weighted by molar-refractivity contribution is 6.35. The minimum absolute atomic E-state index is 0.671. The molecule has 0 N–H and O–H groups in total. The molecule has 2 rings (SSSR count). The number of rotatable bonds is 1. The summed E-state index contributed by atoms with van der Waals surface area (Å²) in [6, 6.07) is 12.9. The Labute approximate surface area is 103 Å². The number of hydrogen-bond acceptors (Lipinski definition) is 0. The molecule has 0 aromatic heterocycles. The van der Waals surface area contributed by atoms with Crippen molar-refractivity contribution in [2.24, 2.45) is 0 Å². The third kappa shape index (κ3) is 2.46. The molecule has 0 heterocycles. The lowest BCUT2D eigenvalue weighted by Crippen LogP contribution is -1.79. The molecule has 0 atom stereocenters. The van der Waals surface area contributed by atoms with Crippen LogP contribution in [-0.2, 0) is 0 Å². The zero-order chi connectivity index (χ0) is 10.8. The van der Waals surface area contributed by atoms with Crippen molar-refractivity contribution in [3.8, 4) is 11.1 Å². The fourth-order valence-electron chi connectivity index (χ4n) is 1.35. The van der Waals surface area contributed by atoms with Crippen LogP contribution in [0, 0.1) is 0 Å². The molecule has 15 heavy (non-hydrogen) atoms. The Morgan fingerprint density at radius 1 is 0.667 bits per heavy atom. The Kier molecular flexibility index (Phi) is 3.20. The molecule has 0 saturated heterocycles. The first-order chi connectivity index (χ1) is 7.16. The topological polar surface area (TPSA) is 0 Å². The van der Waals surface area contributed by atoms with Gasteiger partial charge < -0.3 is 0 Å². The predicted octanol–water partition coefficient (Wildman–Crippen LogP) is 5.31. The molecule has 0 bridgehead atoms. The van der Waals surface area contributed by atoms with Gasteiger partial charge in [0.05, 0.1) is 0 Å². The van der Waals surface area contributed by atoms with Crippen LogP contribution in [0.4, 0.5) is 0 Å². The lowest BCUT2D eigenvalue weighted by atomic mass is 11.1. The average molecular weight is 269 g/mol. The van der Waals surface area contributed by atoms with E-state index in [0.29, 0.717) is 15.1 Å². The van der Waals surface area contributed by atoms with Crippen molar-refractivity contribution >= 4 is 34.8 Å². The lowest BCUT2D eigenvalue weighted by molar-refractivity contribution is 1.62. The summed E-state index contributed by atoms with van der Waals surface area (Å²) in [6.07, 6.45) is 0. The van der Waals surface area contributed by atoms with Gasteiger partial charge in [0.15, 0.2) is 0 Å². The maximum atomic E-state index is 6.08. The summed E-state index contributed by atoms with van der Waals surface area (Å²) in [7, 11) is 0. The highest BCUT2D eigenvalue weighted by atomic mass is 35.5. The van der Waals surface area contributed by atoms with Gasteiger partial charge in [-0.3, -0.25) is 0 Å². The Morgan fingerprint density at radius 3 is 1.93 bits per heavy atom. The largest absolute Gasteiger partial charge is 0.0843 e. The second kappa shape index (κ2) is 4.44. The normalized spacial score (nSPS) is 10.3. The van der Waals surface area contributed by atoms with Crippen molar-refractivity contribution in [2.45, 2.75) is 0 Å². The first kappa shape index (κ1) is 10.8. The van der Waals surface area contributed by atoms with Crippen LogP contribution in [0.3, 0.4) is 0 Å². The van der Waals surface area contributed by atoms with Crippen molar-refractivity contribution < 1.29 is 0 Å². The van der Waals surface area contributed by atoms with Crippen molar-refractivity contribution in [3.05, 3.63) is 57.5 Å². The molecule has 2 aromatic rings. The molecule has 3 heteroatoms. The third-order valence-corrected chi connectivity index (χ3v) is 2.90. The van der Waals surface area contributed by atoms with Gasteiger partial charge >= 0.3 is 0 Å². The van der Waals surface area contributed by atoms with Crippen LogP contribution in [-0.4, -0.2) is 0 Å². The van der Waals surface area contributed by atoms with Crippen LogP contribution in [0.1, 0.15) is 0 Å². The highest BCUT2D eigenvalue weighted by Crippen LogP contribution is 2.31. The minimum Gasteiger partial charge on any atom is -0.0843 e. The Morgan fingerprint density at radius 2 is 1.27 bits per heavy atom. The number of benzene rings is 2. The zero-order valence-corrected chi connectivity index (χ0v) is 9.94. The van der Waals surface area contributed by atoms with Gasteiger partial charge in [0.25, 0.3) is 0 Å². The van der Waals surface area contributed by atoms with E-state index in [1.165, 1.54) is 0 Å². The third-order valence-electron chi connectivity index (χ3n) is 2.08. The zero-order valence-electron chi connectivity index (χ0n) is 7.68. The van der Waals surface area contributed by atoms with E-state index < -0.39 is 0 Å². The smallest absolute Gasteiger partial charge is 0.0485 e. The van der Waals surface area contributed by atoms with Gasteiger partial charge in [0.1, 0.15) is 0 Å². The summed E-state index contributed by atoms with van der Waals surface area (Å²) < 4.78 is 0. The van der Waals surface area contributed by atoms with Crippen LogP contribution in [0.2, 0.25) is 15.1 Å². The number of hydrogen-bond donors (Lipinski definition) is 0. The van der Waals surface area contributed by atoms with Crippen LogP contribution in [0.5, 0.6) is 0 Å². The van der Waals surface area contributed by atoms with E-state index in [2.05, 4.69) is 0 Å². The standard InChI is InChI=1S/C12H7Cl3/c13-9-3-1-8(2-4-9)11-7-10(14)5-6-12(11)15/h1-7H/i1+1,2+1,3+1,4+1,5+1,6+1,7+1,8+1,9+1,10+1,11+1,12+1. The SMILES string of the molecule is Cl[13c]1[13cH][13cH][13c](-[13c]2[13cH][13c](Cl)[13cH][13cH][13c]2Cl)[13cH][13cH]1. The second-order valence-corrected chi connectivity index (χ2v) is 4.41. The Hall–Kier alpha value is -0.690. The minimum atomic E-state index is 0.671. The molecule has 0 unspecified atom stereocenters. The predicted molar refractivity (Wildman–Crippen MR) is 66.9 cm³/mol. The molecular formula is C12H7Cl3. The molecular weight excluding hydrogens is 262 g/mol. The molecule has 0 aliphatic carbocycles. The van der Waals surface area contributed by atoms with E-state index >= 15 is 0 Å². The molecule has 0 fully saturated rings. The maximum absolute atomic E-state index is 6.08. The van der Waals surface area contributed by atoms with E-state index in [1.54, 1.807) is 12.1 Å². The summed E-state index contributed by atoms with van der Waals surface area (Å²) in [6.45, 7) is 0. The van der Waals surface area contributed by atoms with Gasteiger partial charge in [-0.1, -0.05) is 46.9 Å². The first-order valence-electron chi connectivity index (χ1n) is 4.38. The van der Waals surface area contributed by atoms with Crippen molar-refractivity contribution in [2.75, 3.05) is 0 Å². The second-order valence-electron chi connectivity index (χ2n) is 3.13. The van der Waals surface area contributed by atoms with E-state index in [0.717, 1.165) is 11.1 Å².